The summed E-state index contributed by atoms with van der Waals surface area (Å²) >= 11 is 0. The smallest absolute Gasteiger partial charge is 0.244 e. The summed E-state index contributed by atoms with van der Waals surface area (Å²) < 4.78 is 5.40. The highest BCUT2D eigenvalue weighted by atomic mass is 16.5. The van der Waals surface area contributed by atoms with E-state index in [-0.39, 0.29) is 6.04 Å². The lowest BCUT2D eigenvalue weighted by Gasteiger charge is -2.18. The van der Waals surface area contributed by atoms with Crippen LogP contribution < -0.4 is 0 Å². The SMILES string of the molecule is CCN(C)C(C)c1nc(-c2ccc(C#Cc3ccncc3)cc2)no1. The maximum absolute atomic E-state index is 5.40. The quantitative estimate of drug-likeness (QED) is 0.684. The van der Waals surface area contributed by atoms with Gasteiger partial charge in [0.2, 0.25) is 11.7 Å². The maximum atomic E-state index is 5.40. The molecule has 0 aliphatic heterocycles. The highest BCUT2D eigenvalue weighted by Gasteiger charge is 2.18. The van der Waals surface area contributed by atoms with Crippen LogP contribution in [0, 0.1) is 11.8 Å². The fraction of sp³-hybridized carbons (Fsp3) is 0.250. The average Bonchev–Trinajstić information content (AvgIpc) is 3.16. The summed E-state index contributed by atoms with van der Waals surface area (Å²) in [7, 11) is 2.03. The first-order valence-corrected chi connectivity index (χ1v) is 8.23. The van der Waals surface area contributed by atoms with Crippen LogP contribution in [0.1, 0.15) is 36.9 Å². The molecule has 2 aromatic heterocycles. The summed E-state index contributed by atoms with van der Waals surface area (Å²) in [5.74, 6) is 7.47. The highest BCUT2D eigenvalue weighted by molar-refractivity contribution is 5.56. The van der Waals surface area contributed by atoms with Gasteiger partial charge in [-0.2, -0.15) is 4.98 Å². The monoisotopic (exact) mass is 332 g/mol. The molecule has 25 heavy (non-hydrogen) atoms. The van der Waals surface area contributed by atoms with Gasteiger partial charge in [-0.1, -0.05) is 23.9 Å². The fourth-order valence-corrected chi connectivity index (χ4v) is 2.27. The number of hydrogen-bond donors (Lipinski definition) is 0. The molecule has 5 heteroatoms. The molecule has 0 aliphatic carbocycles. The standard InChI is InChI=1S/C20H20N4O/c1-4-24(3)15(2)20-22-19(23-25-20)18-9-7-16(8-10-18)5-6-17-11-13-21-14-12-17/h7-15H,4H2,1-3H3. The van der Waals surface area contributed by atoms with Crippen molar-refractivity contribution >= 4 is 0 Å². The second-order valence-electron chi connectivity index (χ2n) is 5.77. The van der Waals surface area contributed by atoms with E-state index < -0.39 is 0 Å². The summed E-state index contributed by atoms with van der Waals surface area (Å²) in [6, 6.07) is 11.7. The molecule has 1 aromatic carbocycles. The Morgan fingerprint density at radius 3 is 2.32 bits per heavy atom. The second-order valence-corrected chi connectivity index (χ2v) is 5.77. The van der Waals surface area contributed by atoms with E-state index in [2.05, 4.69) is 45.7 Å². The Morgan fingerprint density at radius 2 is 1.68 bits per heavy atom. The van der Waals surface area contributed by atoms with Crippen molar-refractivity contribution in [1.29, 1.82) is 0 Å². The molecule has 2 heterocycles. The highest BCUT2D eigenvalue weighted by Crippen LogP contribution is 2.21. The first-order valence-electron chi connectivity index (χ1n) is 8.23. The van der Waals surface area contributed by atoms with Crippen LogP contribution in [0.25, 0.3) is 11.4 Å². The molecule has 1 unspecified atom stereocenters. The van der Waals surface area contributed by atoms with Crippen molar-refractivity contribution in [3.8, 4) is 23.2 Å². The number of hydrogen-bond acceptors (Lipinski definition) is 5. The van der Waals surface area contributed by atoms with E-state index in [1.54, 1.807) is 12.4 Å². The van der Waals surface area contributed by atoms with Crippen LogP contribution in [-0.2, 0) is 0 Å². The van der Waals surface area contributed by atoms with Crippen LogP contribution >= 0.6 is 0 Å². The molecule has 0 fully saturated rings. The third-order valence-electron chi connectivity index (χ3n) is 4.13. The third-order valence-corrected chi connectivity index (χ3v) is 4.13. The Morgan fingerprint density at radius 1 is 1.04 bits per heavy atom. The third kappa shape index (κ3) is 4.11. The molecule has 0 saturated carbocycles. The minimum atomic E-state index is 0.0942. The van der Waals surface area contributed by atoms with Crippen molar-refractivity contribution in [2.45, 2.75) is 19.9 Å². The van der Waals surface area contributed by atoms with Gasteiger partial charge in [-0.15, -0.1) is 0 Å². The van der Waals surface area contributed by atoms with Crippen molar-refractivity contribution in [2.24, 2.45) is 0 Å². The summed E-state index contributed by atoms with van der Waals surface area (Å²) in [6.45, 7) is 5.07. The lowest BCUT2D eigenvalue weighted by Crippen LogP contribution is -2.21. The molecule has 0 aliphatic rings. The van der Waals surface area contributed by atoms with Gasteiger partial charge < -0.3 is 4.52 Å². The van der Waals surface area contributed by atoms with Crippen LogP contribution in [0.5, 0.6) is 0 Å². The Labute approximate surface area is 147 Å². The van der Waals surface area contributed by atoms with Crippen molar-refractivity contribution in [2.75, 3.05) is 13.6 Å². The van der Waals surface area contributed by atoms with E-state index in [1.165, 1.54) is 0 Å². The second kappa shape index (κ2) is 7.73. The molecule has 0 radical (unpaired) electrons. The number of nitrogens with zero attached hydrogens (tertiary/aromatic N) is 4. The minimum Gasteiger partial charge on any atom is -0.337 e. The zero-order chi connectivity index (χ0) is 17.6. The number of aromatic nitrogens is 3. The van der Waals surface area contributed by atoms with Crippen molar-refractivity contribution in [1.82, 2.24) is 20.0 Å². The molecule has 0 spiro atoms. The lowest BCUT2D eigenvalue weighted by molar-refractivity contribution is 0.218. The number of pyridine rings is 1. The topological polar surface area (TPSA) is 55.1 Å². The van der Waals surface area contributed by atoms with Gasteiger partial charge in [0.25, 0.3) is 0 Å². The molecular formula is C20H20N4O. The molecule has 126 valence electrons. The van der Waals surface area contributed by atoms with Crippen LogP contribution in [0.4, 0.5) is 0 Å². The van der Waals surface area contributed by atoms with Gasteiger partial charge in [-0.25, -0.2) is 0 Å². The lowest BCUT2D eigenvalue weighted by atomic mass is 10.1. The van der Waals surface area contributed by atoms with Crippen LogP contribution in [-0.4, -0.2) is 33.6 Å². The van der Waals surface area contributed by atoms with Gasteiger partial charge in [0.15, 0.2) is 0 Å². The molecule has 0 amide bonds. The van der Waals surface area contributed by atoms with Crippen molar-refractivity contribution in [3.63, 3.8) is 0 Å². The number of rotatable bonds is 4. The Hall–Kier alpha value is -2.97. The van der Waals surface area contributed by atoms with Crippen LogP contribution in [0.3, 0.4) is 0 Å². The Balaban J connectivity index is 1.75. The molecule has 0 bridgehead atoms. The van der Waals surface area contributed by atoms with E-state index in [0.717, 1.165) is 23.2 Å². The molecule has 0 saturated heterocycles. The van der Waals surface area contributed by atoms with E-state index in [9.17, 15) is 0 Å². The summed E-state index contributed by atoms with van der Waals surface area (Å²) in [4.78, 5) is 10.6. The summed E-state index contributed by atoms with van der Waals surface area (Å²) in [6.07, 6.45) is 3.47. The first-order chi connectivity index (χ1) is 12.2. The molecule has 0 N–H and O–H groups in total. The zero-order valence-corrected chi connectivity index (χ0v) is 14.6. The van der Waals surface area contributed by atoms with E-state index >= 15 is 0 Å². The molecule has 5 nitrogen and oxygen atoms in total. The molecular weight excluding hydrogens is 312 g/mol. The van der Waals surface area contributed by atoms with Crippen LogP contribution in [0.2, 0.25) is 0 Å². The number of benzene rings is 1. The van der Waals surface area contributed by atoms with E-state index in [4.69, 9.17) is 4.52 Å². The van der Waals surface area contributed by atoms with Gasteiger partial charge in [0.1, 0.15) is 0 Å². The predicted octanol–water partition coefficient (Wildman–Crippen LogP) is 3.54. The van der Waals surface area contributed by atoms with Gasteiger partial charge in [0.05, 0.1) is 6.04 Å². The largest absolute Gasteiger partial charge is 0.337 e. The molecule has 3 rings (SSSR count). The van der Waals surface area contributed by atoms with Gasteiger partial charge in [0, 0.05) is 29.1 Å². The Bertz CT molecular complexity index is 875. The molecule has 3 aromatic rings. The summed E-state index contributed by atoms with van der Waals surface area (Å²) in [5.41, 5.74) is 2.79. The predicted molar refractivity (Wildman–Crippen MR) is 96.7 cm³/mol. The normalized spacial score (nSPS) is 11.8. The van der Waals surface area contributed by atoms with E-state index in [1.807, 2.05) is 43.4 Å². The average molecular weight is 332 g/mol. The summed E-state index contributed by atoms with van der Waals surface area (Å²) in [5, 5.41) is 4.09. The van der Waals surface area contributed by atoms with Crippen molar-refractivity contribution < 1.29 is 4.52 Å². The zero-order valence-electron chi connectivity index (χ0n) is 14.6. The Kier molecular flexibility index (Phi) is 5.22. The van der Waals surface area contributed by atoms with Crippen molar-refractivity contribution in [3.05, 3.63) is 65.8 Å². The van der Waals surface area contributed by atoms with Gasteiger partial charge >= 0.3 is 0 Å². The minimum absolute atomic E-state index is 0.0942. The van der Waals surface area contributed by atoms with Crippen LogP contribution in [0.15, 0.2) is 53.3 Å². The first kappa shape index (κ1) is 16.9. The van der Waals surface area contributed by atoms with Gasteiger partial charge in [-0.05, 0) is 56.9 Å². The molecule has 1 atom stereocenters. The maximum Gasteiger partial charge on any atom is 0.244 e. The van der Waals surface area contributed by atoms with E-state index in [0.29, 0.717) is 11.7 Å². The fourth-order valence-electron chi connectivity index (χ4n) is 2.27. The van der Waals surface area contributed by atoms with Gasteiger partial charge in [-0.3, -0.25) is 9.88 Å².